The van der Waals surface area contributed by atoms with E-state index in [1.165, 1.54) is 11.8 Å². The summed E-state index contributed by atoms with van der Waals surface area (Å²) < 4.78 is 67.7. The number of amides is 2. The number of hydrogen-bond donors (Lipinski definition) is 2. The SMILES string of the molecule is C[C@H](O)C(=O)N(C[C@@H]1C(C(C)(C)C)N(C(=O)O)C[C@H]1OS(C)(=O)=O)[C@@H](c1nc(-c2cc(F)ccc2F)cn1Cc1ccccc1)C1CCOCC1. The molecule has 2 aliphatic rings. The zero-order valence-electron chi connectivity index (χ0n) is 29.4. The van der Waals surface area contributed by atoms with Gasteiger partial charge in [-0.05, 0) is 54.9 Å². The highest BCUT2D eigenvalue weighted by molar-refractivity contribution is 7.86. The van der Waals surface area contributed by atoms with Crippen molar-refractivity contribution < 1.29 is 45.9 Å². The van der Waals surface area contributed by atoms with Gasteiger partial charge in [-0.25, -0.2) is 18.6 Å². The number of imidazole rings is 1. The van der Waals surface area contributed by atoms with Gasteiger partial charge in [0.15, 0.2) is 0 Å². The van der Waals surface area contributed by atoms with E-state index in [1.54, 1.807) is 10.8 Å². The molecule has 0 aliphatic carbocycles. The minimum absolute atomic E-state index is 0.0792. The van der Waals surface area contributed by atoms with E-state index in [-0.39, 0.29) is 36.8 Å². The van der Waals surface area contributed by atoms with Gasteiger partial charge in [-0.3, -0.25) is 8.98 Å². The molecule has 0 radical (unpaired) electrons. The minimum atomic E-state index is -4.07. The first-order chi connectivity index (χ1) is 23.9. The molecular weight excluding hydrogens is 686 g/mol. The van der Waals surface area contributed by atoms with Crippen LogP contribution in [0.4, 0.5) is 13.6 Å². The number of hydrogen-bond acceptors (Lipinski definition) is 8. The topological polar surface area (TPSA) is 151 Å². The van der Waals surface area contributed by atoms with Gasteiger partial charge in [0, 0.05) is 50.0 Å². The predicted molar refractivity (Wildman–Crippen MR) is 184 cm³/mol. The summed E-state index contributed by atoms with van der Waals surface area (Å²) in [5.41, 5.74) is 0.178. The second-order valence-electron chi connectivity index (χ2n) is 14.5. The van der Waals surface area contributed by atoms with Gasteiger partial charge in [0.1, 0.15) is 29.7 Å². The van der Waals surface area contributed by atoms with Gasteiger partial charge in [0.2, 0.25) is 0 Å². The van der Waals surface area contributed by atoms with E-state index >= 15 is 4.39 Å². The van der Waals surface area contributed by atoms with Gasteiger partial charge in [0.05, 0.1) is 24.5 Å². The van der Waals surface area contributed by atoms with E-state index in [0.717, 1.165) is 34.9 Å². The quantitative estimate of drug-likeness (QED) is 0.262. The average Bonchev–Trinajstić information content (AvgIpc) is 3.63. The minimum Gasteiger partial charge on any atom is -0.465 e. The number of carbonyl (C=O) groups excluding carboxylic acids is 1. The molecule has 0 spiro atoms. The van der Waals surface area contributed by atoms with E-state index in [4.69, 9.17) is 13.9 Å². The lowest BCUT2D eigenvalue weighted by molar-refractivity contribution is -0.146. The lowest BCUT2D eigenvalue weighted by atomic mass is 9.78. The predicted octanol–water partition coefficient (Wildman–Crippen LogP) is 4.92. The summed E-state index contributed by atoms with van der Waals surface area (Å²) in [5, 5.41) is 21.1. The Balaban J connectivity index is 1.72. The number of ether oxygens (including phenoxy) is 1. The molecule has 5 atom stereocenters. The van der Waals surface area contributed by atoms with Crippen molar-refractivity contribution in [1.82, 2.24) is 19.4 Å². The van der Waals surface area contributed by atoms with Crippen molar-refractivity contribution >= 4 is 22.1 Å². The number of carbonyl (C=O) groups is 2. The largest absolute Gasteiger partial charge is 0.465 e. The first-order valence-corrected chi connectivity index (χ1v) is 18.8. The van der Waals surface area contributed by atoms with Gasteiger partial charge < -0.3 is 29.3 Å². The highest BCUT2D eigenvalue weighted by Crippen LogP contribution is 2.43. The molecule has 5 rings (SSSR count). The molecule has 3 heterocycles. The van der Waals surface area contributed by atoms with Gasteiger partial charge in [-0.15, -0.1) is 0 Å². The van der Waals surface area contributed by atoms with Crippen molar-refractivity contribution in [2.75, 3.05) is 32.6 Å². The molecule has 2 N–H and O–H groups in total. The number of aliphatic hydroxyl groups excluding tert-OH is 1. The van der Waals surface area contributed by atoms with Crippen LogP contribution in [0.2, 0.25) is 0 Å². The van der Waals surface area contributed by atoms with Crippen LogP contribution in [0.25, 0.3) is 11.3 Å². The van der Waals surface area contributed by atoms with Crippen molar-refractivity contribution in [2.45, 2.75) is 71.4 Å². The maximum Gasteiger partial charge on any atom is 0.407 e. The highest BCUT2D eigenvalue weighted by atomic mass is 32.2. The number of benzene rings is 2. The third-order valence-electron chi connectivity index (χ3n) is 9.60. The molecule has 2 fully saturated rings. The normalized spacial score (nSPS) is 21.4. The van der Waals surface area contributed by atoms with Gasteiger partial charge in [-0.1, -0.05) is 51.1 Å². The first kappa shape index (κ1) is 38.3. The van der Waals surface area contributed by atoms with Gasteiger partial charge in [0.25, 0.3) is 16.0 Å². The molecule has 278 valence electrons. The van der Waals surface area contributed by atoms with Gasteiger partial charge >= 0.3 is 6.09 Å². The summed E-state index contributed by atoms with van der Waals surface area (Å²) in [6.45, 7) is 7.30. The van der Waals surface area contributed by atoms with Crippen LogP contribution in [0.3, 0.4) is 0 Å². The number of likely N-dealkylation sites (tertiary alicyclic amines) is 1. The summed E-state index contributed by atoms with van der Waals surface area (Å²) in [6, 6.07) is 10.8. The number of aromatic nitrogens is 2. The number of carboxylic acid groups (broad SMARTS) is 1. The second kappa shape index (κ2) is 15.4. The maximum absolute atomic E-state index is 15.2. The van der Waals surface area contributed by atoms with E-state index < -0.39 is 69.4 Å². The zero-order valence-corrected chi connectivity index (χ0v) is 30.2. The van der Waals surface area contributed by atoms with E-state index in [1.807, 2.05) is 51.1 Å². The molecule has 1 unspecified atom stereocenters. The average molecular weight is 733 g/mol. The standard InChI is InChI=1S/C36H46F2N4O8S/c1-22(43)34(44)41(19-27-30(50-51(5,47)48)21-42(35(45)46)32(27)36(2,3)4)31(24-13-15-49-16-14-24)33-39-29(26-17-25(37)11-12-28(26)38)20-40(33)18-23-9-7-6-8-10-23/h6-12,17,20,22,24,27,30-32,43H,13-16,18-19,21H2,1-5H3,(H,45,46)/t22-,27-,30+,31+,32?/m0/s1. The number of halogens is 2. The third-order valence-corrected chi connectivity index (χ3v) is 10.2. The Hall–Kier alpha value is -3.92. The molecule has 12 nitrogen and oxygen atoms in total. The zero-order chi connectivity index (χ0) is 37.2. The van der Waals surface area contributed by atoms with Crippen LogP contribution in [0.1, 0.15) is 58.0 Å². The molecule has 2 aliphatic heterocycles. The summed E-state index contributed by atoms with van der Waals surface area (Å²) in [7, 11) is -4.07. The van der Waals surface area contributed by atoms with Crippen LogP contribution in [-0.4, -0.2) is 101 Å². The molecule has 1 aromatic heterocycles. The fourth-order valence-corrected chi connectivity index (χ4v) is 8.22. The molecule has 2 saturated heterocycles. The Labute approximate surface area is 297 Å². The van der Waals surface area contributed by atoms with Gasteiger partial charge in [-0.2, -0.15) is 8.42 Å². The number of nitrogens with zero attached hydrogens (tertiary/aromatic N) is 4. The molecule has 15 heteroatoms. The lowest BCUT2D eigenvalue weighted by Crippen LogP contribution is -2.53. The summed E-state index contributed by atoms with van der Waals surface area (Å²) >= 11 is 0. The fraction of sp³-hybridized carbons (Fsp3) is 0.528. The van der Waals surface area contributed by atoms with Crippen LogP contribution in [0, 0.1) is 28.9 Å². The number of rotatable bonds is 11. The monoisotopic (exact) mass is 732 g/mol. The second-order valence-corrected chi connectivity index (χ2v) is 16.1. The van der Waals surface area contributed by atoms with Crippen molar-refractivity contribution in [1.29, 1.82) is 0 Å². The van der Waals surface area contributed by atoms with Crippen LogP contribution >= 0.6 is 0 Å². The maximum atomic E-state index is 15.2. The van der Waals surface area contributed by atoms with E-state index in [9.17, 15) is 32.6 Å². The van der Waals surface area contributed by atoms with Crippen LogP contribution in [-0.2, 0) is 30.4 Å². The van der Waals surface area contributed by atoms with Crippen LogP contribution in [0.15, 0.2) is 54.7 Å². The van der Waals surface area contributed by atoms with Crippen molar-refractivity contribution in [3.63, 3.8) is 0 Å². The Kier molecular flexibility index (Phi) is 11.5. The summed E-state index contributed by atoms with van der Waals surface area (Å²) in [4.78, 5) is 34.4. The first-order valence-electron chi connectivity index (χ1n) is 16.9. The highest BCUT2D eigenvalue weighted by Gasteiger charge is 2.53. The Morgan fingerprint density at radius 1 is 1.12 bits per heavy atom. The Morgan fingerprint density at radius 2 is 1.78 bits per heavy atom. The molecule has 3 aromatic rings. The van der Waals surface area contributed by atoms with Crippen LogP contribution in [0.5, 0.6) is 0 Å². The van der Waals surface area contributed by atoms with E-state index in [0.29, 0.717) is 31.9 Å². The lowest BCUT2D eigenvalue weighted by Gasteiger charge is -2.43. The number of aliphatic hydroxyl groups is 1. The van der Waals surface area contributed by atoms with Crippen molar-refractivity contribution in [2.24, 2.45) is 17.3 Å². The smallest absolute Gasteiger partial charge is 0.407 e. The molecule has 0 bridgehead atoms. The summed E-state index contributed by atoms with van der Waals surface area (Å²) in [5.74, 6) is -2.88. The Bertz CT molecular complexity index is 1810. The van der Waals surface area contributed by atoms with Crippen molar-refractivity contribution in [3.05, 3.63) is 77.8 Å². The van der Waals surface area contributed by atoms with Crippen LogP contribution < -0.4 is 0 Å². The van der Waals surface area contributed by atoms with E-state index in [2.05, 4.69) is 0 Å². The fourth-order valence-electron chi connectivity index (χ4n) is 7.57. The molecule has 2 aromatic carbocycles. The molecule has 0 saturated carbocycles. The molecular formula is C36H46F2N4O8S. The third kappa shape index (κ3) is 8.94. The summed E-state index contributed by atoms with van der Waals surface area (Å²) in [6.07, 6.45) is -0.481. The molecule has 51 heavy (non-hydrogen) atoms. The van der Waals surface area contributed by atoms with Crippen molar-refractivity contribution in [3.8, 4) is 11.3 Å². The Morgan fingerprint density at radius 3 is 2.37 bits per heavy atom. The molecule has 2 amide bonds.